The molecule has 3 aliphatic carbocycles. The minimum atomic E-state index is -3.34. The molecular weight excluding hydrogens is 224 g/mol. The molecule has 0 saturated heterocycles. The second-order valence-corrected chi connectivity index (χ2v) is 6.82. The molecule has 88 valence electrons. The van der Waals surface area contributed by atoms with Gasteiger partial charge in [-0.2, -0.15) is 8.42 Å². The van der Waals surface area contributed by atoms with Crippen LogP contribution in [0.3, 0.4) is 0 Å². The van der Waals surface area contributed by atoms with E-state index in [0.29, 0.717) is 23.7 Å². The first-order chi connectivity index (χ1) is 7.46. The molecule has 0 aromatic rings. The summed E-state index contributed by atoms with van der Waals surface area (Å²) in [6.45, 7) is 2.10. The Morgan fingerprint density at radius 1 is 1.38 bits per heavy atom. The summed E-state index contributed by atoms with van der Waals surface area (Å²) in [4.78, 5) is 0. The number of rotatable bonds is 2. The fourth-order valence-corrected chi connectivity index (χ4v) is 4.37. The van der Waals surface area contributed by atoms with Gasteiger partial charge in [-0.25, -0.2) is 0 Å². The maximum Gasteiger partial charge on any atom is 0.264 e. The van der Waals surface area contributed by atoms with Crippen LogP contribution in [-0.4, -0.2) is 20.8 Å². The van der Waals surface area contributed by atoms with Crippen LogP contribution in [0.4, 0.5) is 0 Å². The van der Waals surface area contributed by atoms with Gasteiger partial charge in [0.05, 0.1) is 12.4 Å². The lowest BCUT2D eigenvalue weighted by Crippen LogP contribution is -2.24. The highest BCUT2D eigenvalue weighted by Crippen LogP contribution is 2.55. The van der Waals surface area contributed by atoms with Crippen LogP contribution >= 0.6 is 0 Å². The Kier molecular flexibility index (Phi) is 2.11. The summed E-state index contributed by atoms with van der Waals surface area (Å²) >= 11 is 0. The summed E-state index contributed by atoms with van der Waals surface area (Å²) in [5.74, 6) is 1.89. The van der Waals surface area contributed by atoms with Gasteiger partial charge >= 0.3 is 0 Å². The largest absolute Gasteiger partial charge is 0.266 e. The molecule has 3 aliphatic rings. The summed E-state index contributed by atoms with van der Waals surface area (Å²) in [5, 5.41) is 0. The van der Waals surface area contributed by atoms with Crippen LogP contribution in [0.2, 0.25) is 0 Å². The molecule has 0 heterocycles. The van der Waals surface area contributed by atoms with Crippen molar-refractivity contribution in [3.8, 4) is 0 Å². The van der Waals surface area contributed by atoms with Crippen LogP contribution in [0.15, 0.2) is 23.8 Å². The highest BCUT2D eigenvalue weighted by atomic mass is 32.2. The van der Waals surface area contributed by atoms with E-state index in [9.17, 15) is 8.42 Å². The van der Waals surface area contributed by atoms with Crippen LogP contribution in [0.1, 0.15) is 13.3 Å². The third-order valence-corrected chi connectivity index (χ3v) is 4.72. The lowest BCUT2D eigenvalue weighted by molar-refractivity contribution is 0.172. The molecule has 0 aliphatic heterocycles. The quantitative estimate of drug-likeness (QED) is 0.545. The average Bonchev–Trinajstić information content (AvgIpc) is 2.70. The Labute approximate surface area is 96.3 Å². The Morgan fingerprint density at radius 2 is 2.12 bits per heavy atom. The van der Waals surface area contributed by atoms with Crippen molar-refractivity contribution in [3.05, 3.63) is 23.8 Å². The third kappa shape index (κ3) is 1.47. The molecule has 3 nitrogen and oxygen atoms in total. The first kappa shape index (κ1) is 10.5. The van der Waals surface area contributed by atoms with E-state index < -0.39 is 10.1 Å². The van der Waals surface area contributed by atoms with Crippen LogP contribution < -0.4 is 0 Å². The van der Waals surface area contributed by atoms with E-state index in [-0.39, 0.29) is 6.10 Å². The fraction of sp³-hybridized carbons (Fsp3) is 0.667. The lowest BCUT2D eigenvalue weighted by atomic mass is 9.88. The molecule has 0 aromatic heterocycles. The summed E-state index contributed by atoms with van der Waals surface area (Å²) < 4.78 is 27.7. The van der Waals surface area contributed by atoms with Crippen molar-refractivity contribution < 1.29 is 12.6 Å². The standard InChI is InChI=1S/C12H16O3S/c1-7-5-8-3-4-9-6-10(11(7)12(8)9)15-16(2,13)14/h3-5,8-12H,6H2,1-2H3/t8-,9+,10-,11-,12-/m0/s1. The topological polar surface area (TPSA) is 43.4 Å². The molecule has 0 bridgehead atoms. The molecule has 5 atom stereocenters. The van der Waals surface area contributed by atoms with Gasteiger partial charge in [0.15, 0.2) is 0 Å². The van der Waals surface area contributed by atoms with Gasteiger partial charge < -0.3 is 0 Å². The summed E-state index contributed by atoms with van der Waals surface area (Å²) in [7, 11) is -3.34. The Morgan fingerprint density at radius 3 is 2.81 bits per heavy atom. The van der Waals surface area contributed by atoms with Gasteiger partial charge in [0.25, 0.3) is 10.1 Å². The van der Waals surface area contributed by atoms with E-state index in [4.69, 9.17) is 4.18 Å². The van der Waals surface area contributed by atoms with E-state index in [0.717, 1.165) is 12.7 Å². The second kappa shape index (κ2) is 3.20. The van der Waals surface area contributed by atoms with E-state index in [2.05, 4.69) is 25.2 Å². The van der Waals surface area contributed by atoms with Gasteiger partial charge in [-0.05, 0) is 31.1 Å². The molecule has 0 N–H and O–H groups in total. The Hall–Kier alpha value is -0.610. The van der Waals surface area contributed by atoms with Crippen LogP contribution in [0, 0.1) is 23.7 Å². The molecule has 1 saturated carbocycles. The molecule has 0 unspecified atom stereocenters. The van der Waals surface area contributed by atoms with Gasteiger partial charge in [0, 0.05) is 5.92 Å². The lowest BCUT2D eigenvalue weighted by Gasteiger charge is -2.20. The van der Waals surface area contributed by atoms with Crippen LogP contribution in [0.5, 0.6) is 0 Å². The number of hydrogen-bond acceptors (Lipinski definition) is 3. The van der Waals surface area contributed by atoms with Gasteiger partial charge in [-0.1, -0.05) is 23.8 Å². The van der Waals surface area contributed by atoms with Crippen molar-refractivity contribution in [2.24, 2.45) is 23.7 Å². The zero-order chi connectivity index (χ0) is 11.5. The highest BCUT2D eigenvalue weighted by molar-refractivity contribution is 7.86. The van der Waals surface area contributed by atoms with Gasteiger partial charge in [0.1, 0.15) is 0 Å². The number of allylic oxidation sites excluding steroid dienone is 3. The molecule has 3 rings (SSSR count). The first-order valence-electron chi connectivity index (χ1n) is 5.70. The zero-order valence-electron chi connectivity index (χ0n) is 9.46. The molecule has 0 radical (unpaired) electrons. The minimum absolute atomic E-state index is 0.142. The summed E-state index contributed by atoms with van der Waals surface area (Å²) in [5.41, 5.74) is 1.30. The van der Waals surface area contributed by atoms with Crippen molar-refractivity contribution in [2.75, 3.05) is 6.26 Å². The predicted octanol–water partition coefficient (Wildman–Crippen LogP) is 1.73. The maximum atomic E-state index is 11.2. The molecule has 1 fully saturated rings. The van der Waals surface area contributed by atoms with E-state index in [1.54, 1.807) is 0 Å². The maximum absolute atomic E-state index is 11.2. The van der Waals surface area contributed by atoms with Crippen molar-refractivity contribution >= 4 is 10.1 Å². The van der Waals surface area contributed by atoms with Crippen LogP contribution in [-0.2, 0) is 14.3 Å². The third-order valence-electron chi connectivity index (χ3n) is 4.12. The number of hydrogen-bond donors (Lipinski definition) is 0. The molecule has 16 heavy (non-hydrogen) atoms. The van der Waals surface area contributed by atoms with E-state index in [1.807, 2.05) is 0 Å². The molecule has 4 heteroatoms. The Balaban J connectivity index is 1.90. The van der Waals surface area contributed by atoms with Crippen LogP contribution in [0.25, 0.3) is 0 Å². The van der Waals surface area contributed by atoms with Crippen molar-refractivity contribution in [1.82, 2.24) is 0 Å². The van der Waals surface area contributed by atoms with Gasteiger partial charge in [0.2, 0.25) is 0 Å². The second-order valence-electron chi connectivity index (χ2n) is 5.21. The Bertz CT molecular complexity index is 474. The SMILES string of the molecule is CC1=C[C@@H]2C=C[C@@H]3C[C@H](OS(C)(=O)=O)[C@H]1[C@@H]23. The first-order valence-corrected chi connectivity index (χ1v) is 7.52. The molecule has 0 aromatic carbocycles. The molecule has 0 amide bonds. The summed E-state index contributed by atoms with van der Waals surface area (Å²) in [6.07, 6.45) is 8.61. The molecule has 0 spiro atoms. The smallest absolute Gasteiger partial charge is 0.264 e. The molecular formula is C12H16O3S. The highest BCUT2D eigenvalue weighted by Gasteiger charge is 2.52. The van der Waals surface area contributed by atoms with Gasteiger partial charge in [-0.3, -0.25) is 4.18 Å². The van der Waals surface area contributed by atoms with Gasteiger partial charge in [-0.15, -0.1) is 0 Å². The monoisotopic (exact) mass is 240 g/mol. The van der Waals surface area contributed by atoms with Crippen molar-refractivity contribution in [3.63, 3.8) is 0 Å². The van der Waals surface area contributed by atoms with E-state index >= 15 is 0 Å². The average molecular weight is 240 g/mol. The van der Waals surface area contributed by atoms with E-state index in [1.165, 1.54) is 5.57 Å². The minimum Gasteiger partial charge on any atom is -0.266 e. The van der Waals surface area contributed by atoms with Crippen molar-refractivity contribution in [1.29, 1.82) is 0 Å². The normalized spacial score (nSPS) is 44.9. The summed E-state index contributed by atoms with van der Waals surface area (Å²) in [6, 6.07) is 0. The fourth-order valence-electron chi connectivity index (χ4n) is 3.72. The zero-order valence-corrected chi connectivity index (χ0v) is 10.3. The predicted molar refractivity (Wildman–Crippen MR) is 61.2 cm³/mol. The van der Waals surface area contributed by atoms with Crippen molar-refractivity contribution in [2.45, 2.75) is 19.4 Å².